The second-order valence-electron chi connectivity index (χ2n) is 5.49. The van der Waals surface area contributed by atoms with Gasteiger partial charge in [-0.1, -0.05) is 28.1 Å². The minimum atomic E-state index is -0.396. The molecule has 0 radical (unpaired) electrons. The van der Waals surface area contributed by atoms with Crippen LogP contribution in [0.1, 0.15) is 16.1 Å². The molecule has 0 fully saturated rings. The lowest BCUT2D eigenvalue weighted by Gasteiger charge is -2.08. The normalized spacial score (nSPS) is 10.8. The lowest BCUT2D eigenvalue weighted by molar-refractivity contribution is 0.0950. The minimum absolute atomic E-state index is 0.286. The highest BCUT2D eigenvalue weighted by atomic mass is 79.9. The van der Waals surface area contributed by atoms with Crippen LogP contribution in [0.5, 0.6) is 11.5 Å². The van der Waals surface area contributed by atoms with E-state index in [1.807, 2.05) is 30.3 Å². The third-order valence-corrected chi connectivity index (χ3v) is 4.23. The van der Waals surface area contributed by atoms with Crippen LogP contribution in [0.25, 0.3) is 11.3 Å². The van der Waals surface area contributed by atoms with E-state index in [0.717, 1.165) is 15.6 Å². The molecule has 2 aromatic carbocycles. The molecule has 0 bridgehead atoms. The monoisotopic (exact) mass is 428 g/mol. The molecular formula is C19H17BrN4O3. The second-order valence-corrected chi connectivity index (χ2v) is 6.40. The van der Waals surface area contributed by atoms with E-state index in [1.165, 1.54) is 0 Å². The Balaban J connectivity index is 1.73. The summed E-state index contributed by atoms with van der Waals surface area (Å²) in [5.41, 5.74) is 4.94. The predicted octanol–water partition coefficient (Wildman–Crippen LogP) is 3.62. The summed E-state index contributed by atoms with van der Waals surface area (Å²) < 4.78 is 11.5. The van der Waals surface area contributed by atoms with Crippen molar-refractivity contribution in [2.45, 2.75) is 0 Å². The maximum absolute atomic E-state index is 12.2. The van der Waals surface area contributed by atoms with Gasteiger partial charge in [0.2, 0.25) is 0 Å². The maximum Gasteiger partial charge on any atom is 0.289 e. The number of hydrogen-bond donors (Lipinski definition) is 2. The minimum Gasteiger partial charge on any atom is -0.497 e. The molecule has 2 N–H and O–H groups in total. The number of amides is 1. The van der Waals surface area contributed by atoms with Crippen molar-refractivity contribution in [1.82, 2.24) is 15.6 Å². The van der Waals surface area contributed by atoms with E-state index in [4.69, 9.17) is 9.47 Å². The number of carbonyl (C=O) groups excluding carboxylic acids is 1. The molecule has 1 aromatic heterocycles. The lowest BCUT2D eigenvalue weighted by Crippen LogP contribution is -2.17. The van der Waals surface area contributed by atoms with Crippen LogP contribution in [0.2, 0.25) is 0 Å². The van der Waals surface area contributed by atoms with Crippen molar-refractivity contribution in [3.05, 3.63) is 64.3 Å². The number of methoxy groups -OCH3 is 2. The molecule has 1 amide bonds. The van der Waals surface area contributed by atoms with Crippen LogP contribution in [0, 0.1) is 0 Å². The zero-order valence-electron chi connectivity index (χ0n) is 14.7. The molecule has 3 rings (SSSR count). The van der Waals surface area contributed by atoms with E-state index in [2.05, 4.69) is 36.7 Å². The van der Waals surface area contributed by atoms with Crippen LogP contribution in [-0.2, 0) is 0 Å². The third kappa shape index (κ3) is 4.53. The summed E-state index contributed by atoms with van der Waals surface area (Å²) in [5.74, 6) is 0.874. The van der Waals surface area contributed by atoms with Crippen molar-refractivity contribution in [3.8, 4) is 22.8 Å². The van der Waals surface area contributed by atoms with Crippen LogP contribution < -0.4 is 14.9 Å². The van der Waals surface area contributed by atoms with Crippen molar-refractivity contribution in [3.63, 3.8) is 0 Å². The van der Waals surface area contributed by atoms with Crippen LogP contribution in [-0.4, -0.2) is 36.5 Å². The molecule has 3 aromatic rings. The van der Waals surface area contributed by atoms with Crippen LogP contribution in [0.3, 0.4) is 0 Å². The quantitative estimate of drug-likeness (QED) is 0.463. The van der Waals surface area contributed by atoms with E-state index >= 15 is 0 Å². The lowest BCUT2D eigenvalue weighted by atomic mass is 10.1. The number of carbonyl (C=O) groups is 1. The first-order valence-corrected chi connectivity index (χ1v) is 8.77. The number of H-pyrrole nitrogens is 1. The van der Waals surface area contributed by atoms with Crippen LogP contribution in [0.15, 0.2) is 58.1 Å². The van der Waals surface area contributed by atoms with E-state index < -0.39 is 5.91 Å². The van der Waals surface area contributed by atoms with Gasteiger partial charge in [0.15, 0.2) is 0 Å². The first kappa shape index (κ1) is 18.7. The molecule has 0 unspecified atom stereocenters. The highest BCUT2D eigenvalue weighted by Crippen LogP contribution is 2.32. The molecule has 0 aliphatic rings. The Morgan fingerprint density at radius 1 is 1.19 bits per heavy atom. The standard InChI is InChI=1S/C19H17BrN4O3/c1-26-14-6-7-15(18(9-14)27-2)16-10-17(23-22-16)19(25)24-21-11-12-4-3-5-13(20)8-12/h3-11H,1-2H3,(H,22,23)(H,24,25)/b21-11+. The van der Waals surface area contributed by atoms with Crippen molar-refractivity contribution in [2.75, 3.05) is 14.2 Å². The molecule has 0 saturated heterocycles. The Hall–Kier alpha value is -3.13. The zero-order valence-corrected chi connectivity index (χ0v) is 16.3. The van der Waals surface area contributed by atoms with Gasteiger partial charge in [-0.05, 0) is 35.9 Å². The van der Waals surface area contributed by atoms with E-state index in [0.29, 0.717) is 17.2 Å². The third-order valence-electron chi connectivity index (χ3n) is 3.74. The number of nitrogens with zero attached hydrogens (tertiary/aromatic N) is 2. The highest BCUT2D eigenvalue weighted by molar-refractivity contribution is 9.10. The van der Waals surface area contributed by atoms with Crippen molar-refractivity contribution in [1.29, 1.82) is 0 Å². The highest BCUT2D eigenvalue weighted by Gasteiger charge is 2.14. The fraction of sp³-hybridized carbons (Fsp3) is 0.105. The van der Waals surface area contributed by atoms with E-state index in [1.54, 1.807) is 38.6 Å². The Morgan fingerprint density at radius 3 is 2.78 bits per heavy atom. The number of ether oxygens (including phenoxy) is 2. The first-order chi connectivity index (χ1) is 13.1. The molecule has 27 heavy (non-hydrogen) atoms. The summed E-state index contributed by atoms with van der Waals surface area (Å²) in [6, 6.07) is 14.6. The van der Waals surface area contributed by atoms with Gasteiger partial charge in [0.1, 0.15) is 17.2 Å². The molecule has 8 heteroatoms. The van der Waals surface area contributed by atoms with Gasteiger partial charge in [-0.15, -0.1) is 0 Å². The van der Waals surface area contributed by atoms with Crippen LogP contribution in [0.4, 0.5) is 0 Å². The van der Waals surface area contributed by atoms with Gasteiger partial charge in [0, 0.05) is 16.1 Å². The number of hydrazone groups is 1. The Labute approximate surface area is 164 Å². The number of benzene rings is 2. The van der Waals surface area contributed by atoms with Gasteiger partial charge in [-0.2, -0.15) is 10.2 Å². The average Bonchev–Trinajstić information content (AvgIpc) is 3.17. The van der Waals surface area contributed by atoms with Crippen molar-refractivity contribution < 1.29 is 14.3 Å². The summed E-state index contributed by atoms with van der Waals surface area (Å²) in [6.07, 6.45) is 1.56. The average molecular weight is 429 g/mol. The molecule has 1 heterocycles. The Morgan fingerprint density at radius 2 is 2.04 bits per heavy atom. The van der Waals surface area contributed by atoms with Crippen molar-refractivity contribution >= 4 is 28.1 Å². The number of nitrogens with one attached hydrogen (secondary N) is 2. The van der Waals surface area contributed by atoms with Gasteiger partial charge >= 0.3 is 0 Å². The van der Waals surface area contributed by atoms with E-state index in [-0.39, 0.29) is 5.69 Å². The number of aromatic nitrogens is 2. The van der Waals surface area contributed by atoms with Gasteiger partial charge in [-0.3, -0.25) is 9.89 Å². The number of halogens is 1. The van der Waals surface area contributed by atoms with Gasteiger partial charge in [0.05, 0.1) is 26.1 Å². The van der Waals surface area contributed by atoms with E-state index in [9.17, 15) is 4.79 Å². The summed E-state index contributed by atoms with van der Waals surface area (Å²) >= 11 is 3.38. The number of hydrogen-bond acceptors (Lipinski definition) is 5. The molecule has 0 aliphatic heterocycles. The maximum atomic E-state index is 12.2. The number of rotatable bonds is 6. The largest absolute Gasteiger partial charge is 0.497 e. The fourth-order valence-electron chi connectivity index (χ4n) is 2.40. The summed E-state index contributed by atoms with van der Waals surface area (Å²) in [4.78, 5) is 12.2. The summed E-state index contributed by atoms with van der Waals surface area (Å²) in [5, 5.41) is 10.9. The SMILES string of the molecule is COc1ccc(-c2cc(C(=O)N/N=C/c3cccc(Br)c3)[nH]n2)c(OC)c1. The molecule has 138 valence electrons. The van der Waals surface area contributed by atoms with Gasteiger partial charge in [0.25, 0.3) is 5.91 Å². The topological polar surface area (TPSA) is 88.6 Å². The summed E-state index contributed by atoms with van der Waals surface area (Å²) in [7, 11) is 3.15. The Kier molecular flexibility index (Phi) is 5.87. The number of aromatic amines is 1. The molecule has 0 saturated carbocycles. The van der Waals surface area contributed by atoms with Crippen molar-refractivity contribution in [2.24, 2.45) is 5.10 Å². The van der Waals surface area contributed by atoms with Crippen LogP contribution >= 0.6 is 15.9 Å². The summed E-state index contributed by atoms with van der Waals surface area (Å²) in [6.45, 7) is 0. The second kappa shape index (κ2) is 8.50. The smallest absolute Gasteiger partial charge is 0.289 e. The molecule has 0 aliphatic carbocycles. The zero-order chi connectivity index (χ0) is 19.2. The molecule has 0 atom stereocenters. The first-order valence-electron chi connectivity index (χ1n) is 7.97. The molecule has 0 spiro atoms. The Bertz CT molecular complexity index is 985. The molecular weight excluding hydrogens is 412 g/mol. The van der Waals surface area contributed by atoms with Gasteiger partial charge < -0.3 is 9.47 Å². The predicted molar refractivity (Wildman–Crippen MR) is 106 cm³/mol. The van der Waals surface area contributed by atoms with Gasteiger partial charge in [-0.25, -0.2) is 5.43 Å². The molecule has 7 nitrogen and oxygen atoms in total. The fourth-order valence-corrected chi connectivity index (χ4v) is 2.82.